The van der Waals surface area contributed by atoms with E-state index in [1.165, 1.54) is 12.8 Å². The van der Waals surface area contributed by atoms with E-state index in [1.807, 2.05) is 6.07 Å². The number of sulfonamides is 1. The molecule has 1 N–H and O–H groups in total. The van der Waals surface area contributed by atoms with Gasteiger partial charge in [-0.05, 0) is 57.0 Å². The van der Waals surface area contributed by atoms with E-state index in [9.17, 15) is 8.42 Å². The number of nitrogens with one attached hydrogen (secondary N) is 1. The maximum atomic E-state index is 12.3. The number of halogens is 1. The van der Waals surface area contributed by atoms with Crippen LogP contribution >= 0.6 is 15.9 Å². The zero-order valence-corrected chi connectivity index (χ0v) is 15.0. The van der Waals surface area contributed by atoms with Gasteiger partial charge in [-0.15, -0.1) is 0 Å². The molecule has 1 unspecified atom stereocenters. The van der Waals surface area contributed by atoms with Crippen molar-refractivity contribution in [1.82, 2.24) is 9.62 Å². The molecule has 0 aromatic heterocycles. The molecule has 1 atom stereocenters. The highest BCUT2D eigenvalue weighted by Gasteiger charge is 2.22. The molecule has 1 aromatic rings. The van der Waals surface area contributed by atoms with E-state index in [1.54, 1.807) is 18.2 Å². The van der Waals surface area contributed by atoms with Gasteiger partial charge in [-0.25, -0.2) is 13.1 Å². The molecule has 2 rings (SSSR count). The largest absolute Gasteiger partial charge is 0.299 e. The lowest BCUT2D eigenvalue weighted by Crippen LogP contribution is -2.45. The number of rotatable bonds is 5. The monoisotopic (exact) mass is 374 g/mol. The summed E-state index contributed by atoms with van der Waals surface area (Å²) in [7, 11) is -3.43. The van der Waals surface area contributed by atoms with Crippen LogP contribution in [0.1, 0.15) is 26.7 Å². The van der Waals surface area contributed by atoms with E-state index in [4.69, 9.17) is 0 Å². The van der Waals surface area contributed by atoms with E-state index in [0.717, 1.165) is 23.5 Å². The summed E-state index contributed by atoms with van der Waals surface area (Å²) in [6.45, 7) is 6.92. The van der Waals surface area contributed by atoms with Crippen molar-refractivity contribution in [3.63, 3.8) is 0 Å². The van der Waals surface area contributed by atoms with Gasteiger partial charge in [0.2, 0.25) is 10.0 Å². The maximum absolute atomic E-state index is 12.3. The van der Waals surface area contributed by atoms with Crippen LogP contribution in [-0.2, 0) is 10.0 Å². The molecule has 0 radical (unpaired) electrons. The van der Waals surface area contributed by atoms with Crippen molar-refractivity contribution in [2.75, 3.05) is 19.6 Å². The predicted molar refractivity (Wildman–Crippen MR) is 88.8 cm³/mol. The van der Waals surface area contributed by atoms with Crippen LogP contribution in [0, 0.1) is 5.92 Å². The molecule has 4 nitrogen and oxygen atoms in total. The third-order valence-electron chi connectivity index (χ3n) is 4.12. The number of benzene rings is 1. The second-order valence-electron chi connectivity index (χ2n) is 5.88. The number of likely N-dealkylation sites (tertiary alicyclic amines) is 1. The Morgan fingerprint density at radius 3 is 2.67 bits per heavy atom. The van der Waals surface area contributed by atoms with Gasteiger partial charge in [0, 0.05) is 17.1 Å². The lowest BCUT2D eigenvalue weighted by molar-refractivity contribution is 0.148. The van der Waals surface area contributed by atoms with E-state index in [-0.39, 0.29) is 6.04 Å². The van der Waals surface area contributed by atoms with E-state index >= 15 is 0 Å². The van der Waals surface area contributed by atoms with Gasteiger partial charge in [0.25, 0.3) is 0 Å². The molecular weight excluding hydrogens is 352 g/mol. The topological polar surface area (TPSA) is 49.4 Å². The summed E-state index contributed by atoms with van der Waals surface area (Å²) < 4.78 is 28.0. The number of hydrogen-bond acceptors (Lipinski definition) is 3. The Balaban J connectivity index is 1.92. The summed E-state index contributed by atoms with van der Waals surface area (Å²) in [5.41, 5.74) is 0. The quantitative estimate of drug-likeness (QED) is 0.861. The Morgan fingerprint density at radius 1 is 1.38 bits per heavy atom. The normalized spacial score (nSPS) is 19.6. The van der Waals surface area contributed by atoms with Crippen molar-refractivity contribution in [1.29, 1.82) is 0 Å². The average molecular weight is 375 g/mol. The molecule has 0 amide bonds. The second-order valence-corrected chi connectivity index (χ2v) is 8.56. The van der Waals surface area contributed by atoms with Gasteiger partial charge in [0.15, 0.2) is 0 Å². The van der Waals surface area contributed by atoms with Gasteiger partial charge in [0.1, 0.15) is 0 Å². The first kappa shape index (κ1) is 16.9. The zero-order chi connectivity index (χ0) is 15.5. The second kappa shape index (κ2) is 7.22. The van der Waals surface area contributed by atoms with Crippen LogP contribution in [0.4, 0.5) is 0 Å². The van der Waals surface area contributed by atoms with Crippen molar-refractivity contribution >= 4 is 26.0 Å². The lowest BCUT2D eigenvalue weighted by atomic mass is 9.98. The predicted octanol–water partition coefficient (Wildman–Crippen LogP) is 2.85. The summed E-state index contributed by atoms with van der Waals surface area (Å²) in [4.78, 5) is 2.67. The molecule has 0 saturated carbocycles. The molecule has 1 aromatic carbocycles. The Kier molecular flexibility index (Phi) is 5.82. The van der Waals surface area contributed by atoms with Gasteiger partial charge >= 0.3 is 0 Å². The molecule has 1 aliphatic heterocycles. The van der Waals surface area contributed by atoms with Gasteiger partial charge < -0.3 is 0 Å². The SMILES string of the molecule is CC1CCN(C(C)CNS(=O)(=O)c2cccc(Br)c2)CC1. The maximum Gasteiger partial charge on any atom is 0.240 e. The van der Waals surface area contributed by atoms with Crippen LogP contribution in [0.5, 0.6) is 0 Å². The molecule has 6 heteroatoms. The number of nitrogens with zero attached hydrogens (tertiary/aromatic N) is 1. The highest BCUT2D eigenvalue weighted by Crippen LogP contribution is 2.19. The Hall–Kier alpha value is -0.430. The van der Waals surface area contributed by atoms with E-state index < -0.39 is 10.0 Å². The zero-order valence-electron chi connectivity index (χ0n) is 12.5. The Bertz CT molecular complexity index is 569. The van der Waals surface area contributed by atoms with Crippen LogP contribution in [0.2, 0.25) is 0 Å². The highest BCUT2D eigenvalue weighted by molar-refractivity contribution is 9.10. The minimum Gasteiger partial charge on any atom is -0.299 e. The molecule has 1 heterocycles. The molecule has 1 aliphatic rings. The summed E-state index contributed by atoms with van der Waals surface area (Å²) in [5, 5.41) is 0. The van der Waals surface area contributed by atoms with Gasteiger partial charge in [-0.3, -0.25) is 4.90 Å². The standard InChI is InChI=1S/C15H23BrN2O2S/c1-12-6-8-18(9-7-12)13(2)11-17-21(19,20)15-5-3-4-14(16)10-15/h3-5,10,12-13,17H,6-9,11H2,1-2H3. The van der Waals surface area contributed by atoms with E-state index in [0.29, 0.717) is 11.4 Å². The van der Waals surface area contributed by atoms with Gasteiger partial charge in [0.05, 0.1) is 4.90 Å². The molecule has 0 spiro atoms. The van der Waals surface area contributed by atoms with Crippen LogP contribution in [0.25, 0.3) is 0 Å². The first-order chi connectivity index (χ1) is 9.88. The first-order valence-electron chi connectivity index (χ1n) is 7.38. The fourth-order valence-corrected chi connectivity index (χ4v) is 4.26. The Labute approximate surface area is 136 Å². The highest BCUT2D eigenvalue weighted by atomic mass is 79.9. The smallest absolute Gasteiger partial charge is 0.240 e. The van der Waals surface area contributed by atoms with Crippen molar-refractivity contribution in [2.24, 2.45) is 5.92 Å². The number of piperidine rings is 1. The van der Waals surface area contributed by atoms with Gasteiger partial charge in [-0.1, -0.05) is 28.9 Å². The summed E-state index contributed by atoms with van der Waals surface area (Å²) in [6.07, 6.45) is 2.39. The Morgan fingerprint density at radius 2 is 2.05 bits per heavy atom. The minimum absolute atomic E-state index is 0.222. The molecule has 21 heavy (non-hydrogen) atoms. The molecule has 118 valence electrons. The molecular formula is C15H23BrN2O2S. The molecule has 0 aliphatic carbocycles. The average Bonchev–Trinajstić information content (AvgIpc) is 2.45. The van der Waals surface area contributed by atoms with Crippen LogP contribution < -0.4 is 4.72 Å². The molecule has 0 bridgehead atoms. The van der Waals surface area contributed by atoms with Crippen LogP contribution in [0.15, 0.2) is 33.6 Å². The lowest BCUT2D eigenvalue weighted by Gasteiger charge is -2.34. The minimum atomic E-state index is -3.43. The fraction of sp³-hybridized carbons (Fsp3) is 0.600. The fourth-order valence-electron chi connectivity index (χ4n) is 2.55. The summed E-state index contributed by atoms with van der Waals surface area (Å²) >= 11 is 3.30. The van der Waals surface area contributed by atoms with Crippen molar-refractivity contribution in [2.45, 2.75) is 37.6 Å². The third-order valence-corrected chi connectivity index (χ3v) is 6.03. The van der Waals surface area contributed by atoms with Gasteiger partial charge in [-0.2, -0.15) is 0 Å². The first-order valence-corrected chi connectivity index (χ1v) is 9.65. The molecule has 1 saturated heterocycles. The van der Waals surface area contributed by atoms with E-state index in [2.05, 4.69) is 39.4 Å². The summed E-state index contributed by atoms with van der Waals surface area (Å²) in [6, 6.07) is 7.00. The number of hydrogen-bond donors (Lipinski definition) is 1. The van der Waals surface area contributed by atoms with Crippen LogP contribution in [0.3, 0.4) is 0 Å². The van der Waals surface area contributed by atoms with Crippen molar-refractivity contribution in [3.8, 4) is 0 Å². The van der Waals surface area contributed by atoms with Crippen LogP contribution in [-0.4, -0.2) is 39.0 Å². The van der Waals surface area contributed by atoms with Crippen molar-refractivity contribution < 1.29 is 8.42 Å². The summed E-state index contributed by atoms with van der Waals surface area (Å²) in [5.74, 6) is 0.784. The van der Waals surface area contributed by atoms with Crippen molar-refractivity contribution in [3.05, 3.63) is 28.7 Å². The molecule has 1 fully saturated rings. The third kappa shape index (κ3) is 4.77.